The van der Waals surface area contributed by atoms with Crippen LogP contribution in [-0.2, 0) is 12.6 Å². The molecule has 0 aromatic carbocycles. The van der Waals surface area contributed by atoms with Gasteiger partial charge in [0, 0.05) is 31.4 Å². The molecule has 1 aromatic heterocycles. The standard InChI is InChI=1S/C16H25F3N4S/c1-3-11-5-4-6-12(9-11)22-15(20-2)21-8-7-14-23-13(10-24-14)16(17,18)19/h10-12H,3-9H2,1-2H3,(H2,20,21,22). The number of guanidine groups is 1. The van der Waals surface area contributed by atoms with Crippen LogP contribution in [0.25, 0.3) is 0 Å². The van der Waals surface area contributed by atoms with Crippen LogP contribution >= 0.6 is 11.3 Å². The van der Waals surface area contributed by atoms with E-state index in [-0.39, 0.29) is 0 Å². The molecule has 4 nitrogen and oxygen atoms in total. The molecule has 1 aliphatic rings. The number of rotatable bonds is 5. The Labute approximate surface area is 145 Å². The van der Waals surface area contributed by atoms with E-state index in [0.717, 1.165) is 35.5 Å². The first kappa shape index (κ1) is 19.0. The molecular formula is C16H25F3N4S. The van der Waals surface area contributed by atoms with Gasteiger partial charge in [-0.2, -0.15) is 13.2 Å². The second-order valence-corrected chi connectivity index (χ2v) is 7.10. The number of hydrogen-bond donors (Lipinski definition) is 2. The van der Waals surface area contributed by atoms with Crippen molar-refractivity contribution in [3.8, 4) is 0 Å². The molecule has 2 rings (SSSR count). The van der Waals surface area contributed by atoms with E-state index in [1.807, 2.05) is 0 Å². The van der Waals surface area contributed by atoms with Crippen molar-refractivity contribution in [1.29, 1.82) is 0 Å². The van der Waals surface area contributed by atoms with Crippen molar-refractivity contribution in [3.63, 3.8) is 0 Å². The molecule has 2 N–H and O–H groups in total. The average Bonchev–Trinajstić information content (AvgIpc) is 3.03. The molecule has 0 spiro atoms. The Balaban J connectivity index is 1.76. The Bertz CT molecular complexity index is 542. The van der Waals surface area contributed by atoms with Gasteiger partial charge >= 0.3 is 6.18 Å². The normalized spacial score (nSPS) is 22.5. The van der Waals surface area contributed by atoms with E-state index in [0.29, 0.717) is 30.0 Å². The molecule has 136 valence electrons. The van der Waals surface area contributed by atoms with Crippen molar-refractivity contribution in [1.82, 2.24) is 15.6 Å². The van der Waals surface area contributed by atoms with Crippen LogP contribution in [0.2, 0.25) is 0 Å². The van der Waals surface area contributed by atoms with Crippen molar-refractivity contribution >= 4 is 17.3 Å². The second-order valence-electron chi connectivity index (χ2n) is 6.16. The first-order chi connectivity index (χ1) is 11.4. The molecule has 0 radical (unpaired) electrons. The lowest BCUT2D eigenvalue weighted by Crippen LogP contribution is -2.45. The molecule has 2 atom stereocenters. The minimum Gasteiger partial charge on any atom is -0.356 e. The van der Waals surface area contributed by atoms with Crippen LogP contribution in [0.4, 0.5) is 13.2 Å². The van der Waals surface area contributed by atoms with Gasteiger partial charge < -0.3 is 10.6 Å². The highest BCUT2D eigenvalue weighted by molar-refractivity contribution is 7.09. The fourth-order valence-electron chi connectivity index (χ4n) is 3.02. The molecule has 0 aliphatic heterocycles. The lowest BCUT2D eigenvalue weighted by molar-refractivity contribution is -0.140. The third kappa shape index (κ3) is 5.65. The van der Waals surface area contributed by atoms with E-state index in [9.17, 15) is 13.2 Å². The predicted octanol–water partition coefficient (Wildman–Crippen LogP) is 3.84. The molecule has 2 unspecified atom stereocenters. The zero-order valence-electron chi connectivity index (χ0n) is 14.1. The van der Waals surface area contributed by atoms with Gasteiger partial charge in [0.2, 0.25) is 0 Å². The van der Waals surface area contributed by atoms with Crippen molar-refractivity contribution < 1.29 is 13.2 Å². The van der Waals surface area contributed by atoms with Crippen LogP contribution in [0.15, 0.2) is 10.4 Å². The molecule has 0 saturated heterocycles. The zero-order valence-corrected chi connectivity index (χ0v) is 14.9. The number of hydrogen-bond acceptors (Lipinski definition) is 3. The summed E-state index contributed by atoms with van der Waals surface area (Å²) in [5.41, 5.74) is -0.808. The van der Waals surface area contributed by atoms with Gasteiger partial charge in [0.05, 0.1) is 5.01 Å². The summed E-state index contributed by atoms with van der Waals surface area (Å²) in [6, 6.07) is 0.423. The van der Waals surface area contributed by atoms with Crippen molar-refractivity contribution in [2.24, 2.45) is 10.9 Å². The predicted molar refractivity (Wildman–Crippen MR) is 91.4 cm³/mol. The summed E-state index contributed by atoms with van der Waals surface area (Å²) in [5.74, 6) is 1.48. The summed E-state index contributed by atoms with van der Waals surface area (Å²) < 4.78 is 37.6. The van der Waals surface area contributed by atoms with Gasteiger partial charge in [-0.15, -0.1) is 11.3 Å². The molecule has 1 aliphatic carbocycles. The summed E-state index contributed by atoms with van der Waals surface area (Å²) in [7, 11) is 1.71. The van der Waals surface area contributed by atoms with E-state index >= 15 is 0 Å². The fourth-order valence-corrected chi connectivity index (χ4v) is 3.83. The molecule has 8 heteroatoms. The average molecular weight is 362 g/mol. The summed E-state index contributed by atoms with van der Waals surface area (Å²) in [6.07, 6.45) is 2.10. The summed E-state index contributed by atoms with van der Waals surface area (Å²) in [4.78, 5) is 7.84. The molecule has 0 amide bonds. The monoisotopic (exact) mass is 362 g/mol. The highest BCUT2D eigenvalue weighted by Gasteiger charge is 2.33. The van der Waals surface area contributed by atoms with Crippen LogP contribution in [-0.4, -0.2) is 30.6 Å². The maximum atomic E-state index is 12.5. The number of alkyl halides is 3. The van der Waals surface area contributed by atoms with E-state index < -0.39 is 11.9 Å². The Hall–Kier alpha value is -1.31. The quantitative estimate of drug-likeness (QED) is 0.618. The van der Waals surface area contributed by atoms with Crippen LogP contribution < -0.4 is 10.6 Å². The molecule has 1 fully saturated rings. The number of nitrogens with zero attached hydrogens (tertiary/aromatic N) is 2. The SMILES string of the molecule is CCC1CCCC(NC(=NC)NCCc2nc(C(F)(F)F)cs2)C1. The van der Waals surface area contributed by atoms with Crippen molar-refractivity contribution in [2.45, 2.75) is 57.7 Å². The van der Waals surface area contributed by atoms with Crippen molar-refractivity contribution in [2.75, 3.05) is 13.6 Å². The van der Waals surface area contributed by atoms with Gasteiger partial charge in [0.25, 0.3) is 0 Å². The van der Waals surface area contributed by atoms with Gasteiger partial charge in [-0.25, -0.2) is 4.98 Å². The Morgan fingerprint density at radius 3 is 2.83 bits per heavy atom. The highest BCUT2D eigenvalue weighted by atomic mass is 32.1. The first-order valence-corrected chi connectivity index (χ1v) is 9.29. The van der Waals surface area contributed by atoms with Gasteiger partial charge in [-0.3, -0.25) is 4.99 Å². The second kappa shape index (κ2) is 8.69. The maximum absolute atomic E-state index is 12.5. The third-order valence-electron chi connectivity index (χ3n) is 4.40. The van der Waals surface area contributed by atoms with Crippen LogP contribution in [0.5, 0.6) is 0 Å². The van der Waals surface area contributed by atoms with Gasteiger partial charge in [-0.1, -0.05) is 26.2 Å². The van der Waals surface area contributed by atoms with E-state index in [2.05, 4.69) is 27.5 Å². The number of aromatic nitrogens is 1. The van der Waals surface area contributed by atoms with Gasteiger partial charge in [-0.05, 0) is 18.8 Å². The summed E-state index contributed by atoms with van der Waals surface area (Å²) in [6.45, 7) is 2.73. The first-order valence-electron chi connectivity index (χ1n) is 8.41. The van der Waals surface area contributed by atoms with E-state index in [1.165, 1.54) is 19.3 Å². The molecular weight excluding hydrogens is 337 g/mol. The van der Waals surface area contributed by atoms with E-state index in [1.54, 1.807) is 7.05 Å². The van der Waals surface area contributed by atoms with Crippen LogP contribution in [0, 0.1) is 5.92 Å². The number of halogens is 3. The summed E-state index contributed by atoms with van der Waals surface area (Å²) >= 11 is 1.04. The van der Waals surface area contributed by atoms with Crippen LogP contribution in [0.1, 0.15) is 49.7 Å². The lowest BCUT2D eigenvalue weighted by atomic mass is 9.84. The molecule has 1 aromatic rings. The smallest absolute Gasteiger partial charge is 0.356 e. The highest BCUT2D eigenvalue weighted by Crippen LogP contribution is 2.30. The fraction of sp³-hybridized carbons (Fsp3) is 0.750. The number of thiazole rings is 1. The maximum Gasteiger partial charge on any atom is 0.434 e. The Kier molecular flexibility index (Phi) is 6.89. The topological polar surface area (TPSA) is 49.3 Å². The minimum absolute atomic E-state index is 0.423. The molecule has 1 saturated carbocycles. The van der Waals surface area contributed by atoms with Gasteiger partial charge in [0.1, 0.15) is 0 Å². The zero-order chi connectivity index (χ0) is 17.6. The lowest BCUT2D eigenvalue weighted by Gasteiger charge is -2.30. The van der Waals surface area contributed by atoms with Crippen molar-refractivity contribution in [3.05, 3.63) is 16.1 Å². The number of aliphatic imine (C=N–C) groups is 1. The Morgan fingerprint density at radius 2 is 2.21 bits per heavy atom. The molecule has 24 heavy (non-hydrogen) atoms. The van der Waals surface area contributed by atoms with Gasteiger partial charge in [0.15, 0.2) is 11.7 Å². The largest absolute Gasteiger partial charge is 0.434 e. The van der Waals surface area contributed by atoms with E-state index in [4.69, 9.17) is 0 Å². The number of nitrogens with one attached hydrogen (secondary N) is 2. The third-order valence-corrected chi connectivity index (χ3v) is 5.31. The minimum atomic E-state index is -4.36. The molecule has 0 bridgehead atoms. The Morgan fingerprint density at radius 1 is 1.42 bits per heavy atom. The van der Waals surface area contributed by atoms with Crippen LogP contribution in [0.3, 0.4) is 0 Å². The summed E-state index contributed by atoms with van der Waals surface area (Å²) in [5, 5.41) is 8.14. The molecule has 1 heterocycles.